The highest BCUT2D eigenvalue weighted by atomic mass is 16.2. The molecule has 0 radical (unpaired) electrons. The van der Waals surface area contributed by atoms with Gasteiger partial charge in [0.2, 0.25) is 5.91 Å². The minimum atomic E-state index is 0.221. The third-order valence-electron chi connectivity index (χ3n) is 4.00. The van der Waals surface area contributed by atoms with Gasteiger partial charge in [-0.15, -0.1) is 6.58 Å². The van der Waals surface area contributed by atoms with Crippen LogP contribution in [0, 0.1) is 11.8 Å². The number of carbonyl (C=O) groups excluding carboxylic acids is 1. The van der Waals surface area contributed by atoms with E-state index >= 15 is 0 Å². The van der Waals surface area contributed by atoms with Crippen LogP contribution in [0.4, 0.5) is 0 Å². The summed E-state index contributed by atoms with van der Waals surface area (Å²) in [6.45, 7) is 7.15. The van der Waals surface area contributed by atoms with Gasteiger partial charge in [0.1, 0.15) is 0 Å². The lowest BCUT2D eigenvalue weighted by atomic mass is 9.88. The molecule has 1 amide bonds. The Bertz CT molecular complexity index is 267. The van der Waals surface area contributed by atoms with Gasteiger partial charge in [-0.3, -0.25) is 4.79 Å². The fourth-order valence-corrected chi connectivity index (χ4v) is 2.81. The molecule has 3 heteroatoms. The van der Waals surface area contributed by atoms with Crippen LogP contribution >= 0.6 is 0 Å². The van der Waals surface area contributed by atoms with Crippen LogP contribution in [0.25, 0.3) is 0 Å². The summed E-state index contributed by atoms with van der Waals surface area (Å²) in [4.78, 5) is 14.2. The Balaban J connectivity index is 1.86. The Labute approximate surface area is 104 Å². The first-order valence-electron chi connectivity index (χ1n) is 6.91. The smallest absolute Gasteiger partial charge is 0.228 e. The van der Waals surface area contributed by atoms with Gasteiger partial charge >= 0.3 is 0 Å². The van der Waals surface area contributed by atoms with Gasteiger partial charge in [0.15, 0.2) is 0 Å². The van der Waals surface area contributed by atoms with Gasteiger partial charge in [0.25, 0.3) is 0 Å². The van der Waals surface area contributed by atoms with E-state index < -0.39 is 0 Å². The maximum Gasteiger partial charge on any atom is 0.228 e. The summed E-state index contributed by atoms with van der Waals surface area (Å²) in [5.41, 5.74) is 0. The molecule has 0 unspecified atom stereocenters. The molecule has 2 fully saturated rings. The molecule has 0 bridgehead atoms. The maximum atomic E-state index is 12.2. The number of nitrogens with zero attached hydrogens (tertiary/aromatic N) is 1. The third kappa shape index (κ3) is 3.32. The van der Waals surface area contributed by atoms with E-state index in [2.05, 4.69) is 11.9 Å². The van der Waals surface area contributed by atoms with E-state index in [0.717, 1.165) is 25.6 Å². The van der Waals surface area contributed by atoms with Gasteiger partial charge in [0.05, 0.1) is 5.92 Å². The second-order valence-corrected chi connectivity index (χ2v) is 5.39. The molecule has 1 aliphatic carbocycles. The lowest BCUT2D eigenvalue weighted by molar-refractivity contribution is -0.137. The first-order chi connectivity index (χ1) is 8.31. The normalized spacial score (nSPS) is 21.9. The van der Waals surface area contributed by atoms with Crippen LogP contribution in [0.1, 0.15) is 32.1 Å². The van der Waals surface area contributed by atoms with Crippen LogP contribution in [-0.4, -0.2) is 37.0 Å². The highest BCUT2D eigenvalue weighted by Gasteiger charge is 2.30. The molecule has 1 N–H and O–H groups in total. The van der Waals surface area contributed by atoms with Crippen LogP contribution in [0.15, 0.2) is 12.7 Å². The van der Waals surface area contributed by atoms with E-state index in [1.807, 2.05) is 11.0 Å². The molecule has 2 rings (SSSR count). The molecule has 1 saturated carbocycles. The Kier molecular flexibility index (Phi) is 4.60. The van der Waals surface area contributed by atoms with Crippen molar-refractivity contribution >= 4 is 5.91 Å². The van der Waals surface area contributed by atoms with Gasteiger partial charge in [-0.05, 0) is 18.8 Å². The zero-order valence-electron chi connectivity index (χ0n) is 10.7. The van der Waals surface area contributed by atoms with Crippen molar-refractivity contribution in [1.82, 2.24) is 10.2 Å². The SMILES string of the molecule is C=CCN(CC1CCCCC1)C(=O)C1CNC1. The molecule has 0 spiro atoms. The minimum absolute atomic E-state index is 0.221. The number of hydrogen-bond acceptors (Lipinski definition) is 2. The average Bonchev–Trinajstić information content (AvgIpc) is 2.27. The average molecular weight is 236 g/mol. The largest absolute Gasteiger partial charge is 0.338 e. The summed E-state index contributed by atoms with van der Waals surface area (Å²) in [6, 6.07) is 0. The number of nitrogens with one attached hydrogen (secondary N) is 1. The second-order valence-electron chi connectivity index (χ2n) is 5.39. The van der Waals surface area contributed by atoms with Crippen LogP contribution in [0.2, 0.25) is 0 Å². The van der Waals surface area contributed by atoms with Crippen molar-refractivity contribution in [3.05, 3.63) is 12.7 Å². The second kappa shape index (κ2) is 6.20. The molecule has 1 heterocycles. The van der Waals surface area contributed by atoms with Gasteiger partial charge < -0.3 is 10.2 Å². The zero-order valence-corrected chi connectivity index (χ0v) is 10.7. The van der Waals surface area contributed by atoms with Crippen molar-refractivity contribution in [2.45, 2.75) is 32.1 Å². The molecule has 0 aromatic carbocycles. The Morgan fingerprint density at radius 3 is 2.53 bits per heavy atom. The molecular formula is C14H24N2O. The first-order valence-corrected chi connectivity index (χ1v) is 6.91. The fourth-order valence-electron chi connectivity index (χ4n) is 2.81. The summed E-state index contributed by atoms with van der Waals surface area (Å²) in [5.74, 6) is 1.27. The maximum absolute atomic E-state index is 12.2. The molecule has 0 aromatic rings. The summed E-state index contributed by atoms with van der Waals surface area (Å²) < 4.78 is 0. The lowest BCUT2D eigenvalue weighted by Crippen LogP contribution is -2.52. The topological polar surface area (TPSA) is 32.3 Å². The number of rotatable bonds is 5. The standard InChI is InChI=1S/C14H24N2O/c1-2-8-16(14(17)13-9-15-10-13)11-12-6-4-3-5-7-12/h2,12-13,15H,1,3-11H2. The molecule has 1 saturated heterocycles. The molecule has 0 aromatic heterocycles. The van der Waals surface area contributed by atoms with E-state index in [9.17, 15) is 4.79 Å². The quantitative estimate of drug-likeness (QED) is 0.738. The number of hydrogen-bond donors (Lipinski definition) is 1. The van der Waals surface area contributed by atoms with E-state index in [1.54, 1.807) is 0 Å². The molecule has 96 valence electrons. The monoisotopic (exact) mass is 236 g/mol. The van der Waals surface area contributed by atoms with Crippen molar-refractivity contribution in [2.24, 2.45) is 11.8 Å². The highest BCUT2D eigenvalue weighted by molar-refractivity contribution is 5.80. The number of amides is 1. The number of carbonyl (C=O) groups is 1. The van der Waals surface area contributed by atoms with E-state index in [4.69, 9.17) is 0 Å². The molecule has 2 aliphatic rings. The highest BCUT2D eigenvalue weighted by Crippen LogP contribution is 2.25. The fraction of sp³-hybridized carbons (Fsp3) is 0.786. The summed E-state index contributed by atoms with van der Waals surface area (Å²) in [6.07, 6.45) is 8.50. The van der Waals surface area contributed by atoms with Crippen molar-refractivity contribution in [3.63, 3.8) is 0 Å². The van der Waals surface area contributed by atoms with Crippen molar-refractivity contribution in [3.8, 4) is 0 Å². The zero-order chi connectivity index (χ0) is 12.1. The summed E-state index contributed by atoms with van der Waals surface area (Å²) >= 11 is 0. The minimum Gasteiger partial charge on any atom is -0.338 e. The van der Waals surface area contributed by atoms with Crippen molar-refractivity contribution < 1.29 is 4.79 Å². The van der Waals surface area contributed by atoms with Crippen molar-refractivity contribution in [1.29, 1.82) is 0 Å². The van der Waals surface area contributed by atoms with Crippen molar-refractivity contribution in [2.75, 3.05) is 26.2 Å². The van der Waals surface area contributed by atoms with Gasteiger partial charge in [0, 0.05) is 26.2 Å². The van der Waals surface area contributed by atoms with E-state index in [1.165, 1.54) is 32.1 Å². The molecular weight excluding hydrogens is 212 g/mol. The van der Waals surface area contributed by atoms with Crippen LogP contribution in [0.5, 0.6) is 0 Å². The third-order valence-corrected chi connectivity index (χ3v) is 4.00. The predicted molar refractivity (Wildman–Crippen MR) is 69.7 cm³/mol. The first kappa shape index (κ1) is 12.6. The summed E-state index contributed by atoms with van der Waals surface area (Å²) in [7, 11) is 0. The Hall–Kier alpha value is -0.830. The van der Waals surface area contributed by atoms with E-state index in [-0.39, 0.29) is 5.92 Å². The van der Waals surface area contributed by atoms with E-state index in [0.29, 0.717) is 12.5 Å². The summed E-state index contributed by atoms with van der Waals surface area (Å²) in [5, 5.41) is 3.17. The molecule has 3 nitrogen and oxygen atoms in total. The van der Waals surface area contributed by atoms with Crippen LogP contribution < -0.4 is 5.32 Å². The Morgan fingerprint density at radius 2 is 2.00 bits per heavy atom. The predicted octanol–water partition coefficient (Wildman–Crippen LogP) is 1.80. The van der Waals surface area contributed by atoms with Crippen LogP contribution in [0.3, 0.4) is 0 Å². The van der Waals surface area contributed by atoms with Crippen LogP contribution in [-0.2, 0) is 4.79 Å². The Morgan fingerprint density at radius 1 is 1.29 bits per heavy atom. The lowest BCUT2D eigenvalue weighted by Gasteiger charge is -2.34. The van der Waals surface area contributed by atoms with Gasteiger partial charge in [-0.2, -0.15) is 0 Å². The molecule has 0 atom stereocenters. The molecule has 17 heavy (non-hydrogen) atoms. The van der Waals surface area contributed by atoms with Gasteiger partial charge in [-0.1, -0.05) is 25.3 Å². The van der Waals surface area contributed by atoms with Gasteiger partial charge in [-0.25, -0.2) is 0 Å². The molecule has 1 aliphatic heterocycles.